The van der Waals surface area contributed by atoms with E-state index in [-0.39, 0.29) is 5.75 Å². The number of aromatic hydroxyl groups is 1. The summed E-state index contributed by atoms with van der Waals surface area (Å²) < 4.78 is 10.3. The third-order valence-corrected chi connectivity index (χ3v) is 5.41. The monoisotopic (exact) mass is 492 g/mol. The molecule has 0 heterocycles. The molecule has 0 saturated heterocycles. The zero-order chi connectivity index (χ0) is 24.5. The number of thiocarbonyl (C=S) groups is 2. The fourth-order valence-electron chi connectivity index (χ4n) is 2.97. The van der Waals surface area contributed by atoms with Crippen LogP contribution in [0.25, 0.3) is 0 Å². The fraction of sp³-hybridized carbons (Fsp3) is 0.120. The summed E-state index contributed by atoms with van der Waals surface area (Å²) in [5.74, 6) is 1.52. The van der Waals surface area contributed by atoms with Crippen molar-refractivity contribution in [2.24, 2.45) is 10.2 Å². The highest BCUT2D eigenvalue weighted by Gasteiger charge is 2.07. The Hall–Kier alpha value is -3.82. The van der Waals surface area contributed by atoms with Gasteiger partial charge in [0.25, 0.3) is 0 Å². The Kier molecular flexibility index (Phi) is 8.66. The van der Waals surface area contributed by atoms with Gasteiger partial charge in [0, 0.05) is 22.3 Å². The van der Waals surface area contributed by atoms with Gasteiger partial charge in [0.1, 0.15) is 27.2 Å². The highest BCUT2D eigenvalue weighted by molar-refractivity contribution is 7.81. The van der Waals surface area contributed by atoms with Gasteiger partial charge in [-0.1, -0.05) is 24.4 Å². The van der Waals surface area contributed by atoms with Crippen LogP contribution in [-0.4, -0.2) is 41.7 Å². The van der Waals surface area contributed by atoms with Gasteiger partial charge in [0.05, 0.1) is 26.6 Å². The van der Waals surface area contributed by atoms with Gasteiger partial charge in [-0.3, -0.25) is 10.9 Å². The minimum absolute atomic E-state index is 0.0347. The maximum absolute atomic E-state index is 10.7. The lowest BCUT2D eigenvalue weighted by atomic mass is 10.1. The molecule has 0 radical (unpaired) electrons. The Bertz CT molecular complexity index is 1130. The Balaban J connectivity index is 1.66. The molecule has 0 amide bonds. The van der Waals surface area contributed by atoms with Crippen molar-refractivity contribution in [3.05, 3.63) is 88.5 Å². The molecule has 0 aliphatic rings. The quantitative estimate of drug-likeness (QED) is 0.245. The Morgan fingerprint density at radius 3 is 1.50 bits per heavy atom. The van der Waals surface area contributed by atoms with Crippen molar-refractivity contribution >= 4 is 46.8 Å². The van der Waals surface area contributed by atoms with E-state index in [0.29, 0.717) is 21.1 Å². The summed E-state index contributed by atoms with van der Waals surface area (Å²) in [7, 11) is 3.21. The van der Waals surface area contributed by atoms with Crippen molar-refractivity contribution < 1.29 is 14.6 Å². The Morgan fingerprint density at radius 1 is 0.765 bits per heavy atom. The molecule has 0 aromatic heterocycles. The molecule has 0 unspecified atom stereocenters. The van der Waals surface area contributed by atoms with Crippen molar-refractivity contribution in [2.75, 3.05) is 14.2 Å². The first-order valence-corrected chi connectivity index (χ1v) is 11.0. The molecule has 0 aliphatic heterocycles. The summed E-state index contributed by atoms with van der Waals surface area (Å²) in [6.45, 7) is 1.92. The second kappa shape index (κ2) is 11.9. The molecule has 0 spiro atoms. The van der Waals surface area contributed by atoms with Gasteiger partial charge in [-0.2, -0.15) is 10.2 Å². The van der Waals surface area contributed by atoms with E-state index in [2.05, 4.69) is 21.1 Å². The first-order chi connectivity index (χ1) is 16.4. The third-order valence-electron chi connectivity index (χ3n) is 4.76. The number of phenolic OH excluding ortho intramolecular Hbond substituents is 1. The second-order valence-corrected chi connectivity index (χ2v) is 7.96. The summed E-state index contributed by atoms with van der Waals surface area (Å²) in [5.41, 5.74) is 9.19. The van der Waals surface area contributed by atoms with Gasteiger partial charge in [-0.05, 0) is 73.2 Å². The maximum atomic E-state index is 10.7. The molecule has 3 rings (SSSR count). The number of phenols is 1. The lowest BCUT2D eigenvalue weighted by Gasteiger charge is -2.07. The number of nitrogens with one attached hydrogen (secondary N) is 2. The van der Waals surface area contributed by atoms with Crippen molar-refractivity contribution in [3.8, 4) is 17.2 Å². The van der Waals surface area contributed by atoms with Crippen LogP contribution in [0.1, 0.15) is 27.8 Å². The van der Waals surface area contributed by atoms with E-state index < -0.39 is 0 Å². The van der Waals surface area contributed by atoms with Crippen LogP contribution in [-0.2, 0) is 0 Å². The molecular formula is C25H24N4O3S2. The number of hydrogen-bond acceptors (Lipinski definition) is 7. The topological polar surface area (TPSA) is 87.5 Å². The number of methoxy groups -OCH3 is 2. The van der Waals surface area contributed by atoms with Crippen LogP contribution in [0.5, 0.6) is 17.2 Å². The Labute approximate surface area is 209 Å². The summed E-state index contributed by atoms with van der Waals surface area (Å²) in [5, 5.41) is 19.0. The van der Waals surface area contributed by atoms with Gasteiger partial charge in [-0.15, -0.1) is 0 Å². The molecule has 7 nitrogen and oxygen atoms in total. The summed E-state index contributed by atoms with van der Waals surface area (Å²) in [6.07, 6.45) is 3.01. The van der Waals surface area contributed by atoms with Crippen molar-refractivity contribution in [3.63, 3.8) is 0 Å². The standard InChI is InChI=1S/C25H24N4O3S2/c1-16-12-19(14-26-28-24(33)17-4-8-21(31-2)9-5-17)23(30)20(13-16)15-27-29-25(34)18-6-10-22(32-3)11-7-18/h4-15,30H,1-3H3,(H,28,33)(H,29,34)/b26-14+,27-15+. The average Bonchev–Trinajstić information content (AvgIpc) is 2.86. The average molecular weight is 493 g/mol. The zero-order valence-electron chi connectivity index (χ0n) is 18.9. The molecule has 0 atom stereocenters. The molecule has 34 heavy (non-hydrogen) atoms. The molecule has 3 N–H and O–H groups in total. The molecule has 174 valence electrons. The van der Waals surface area contributed by atoms with Crippen molar-refractivity contribution in [1.82, 2.24) is 10.9 Å². The Morgan fingerprint density at radius 2 is 1.15 bits per heavy atom. The van der Waals surface area contributed by atoms with Crippen LogP contribution >= 0.6 is 24.4 Å². The van der Waals surface area contributed by atoms with E-state index in [1.54, 1.807) is 14.2 Å². The third kappa shape index (κ3) is 6.60. The molecule has 0 fully saturated rings. The lowest BCUT2D eigenvalue weighted by molar-refractivity contribution is 0.414. The minimum Gasteiger partial charge on any atom is -0.507 e. The van der Waals surface area contributed by atoms with Crippen LogP contribution in [0.15, 0.2) is 70.9 Å². The van der Waals surface area contributed by atoms with Gasteiger partial charge in [-0.25, -0.2) is 0 Å². The second-order valence-electron chi connectivity index (χ2n) is 7.15. The number of hydrogen-bond donors (Lipinski definition) is 3. The van der Waals surface area contributed by atoms with E-state index in [9.17, 15) is 5.11 Å². The highest BCUT2D eigenvalue weighted by Crippen LogP contribution is 2.22. The summed E-state index contributed by atoms with van der Waals surface area (Å²) in [6, 6.07) is 18.2. The van der Waals surface area contributed by atoms with E-state index in [1.807, 2.05) is 67.6 Å². The number of nitrogens with zero attached hydrogens (tertiary/aromatic N) is 2. The van der Waals surface area contributed by atoms with E-state index >= 15 is 0 Å². The van der Waals surface area contributed by atoms with E-state index in [1.165, 1.54) is 12.4 Å². The van der Waals surface area contributed by atoms with Gasteiger partial charge >= 0.3 is 0 Å². The van der Waals surface area contributed by atoms with Gasteiger partial charge in [0.2, 0.25) is 0 Å². The van der Waals surface area contributed by atoms with Crippen LogP contribution < -0.4 is 20.3 Å². The van der Waals surface area contributed by atoms with Gasteiger partial charge < -0.3 is 14.6 Å². The normalized spacial score (nSPS) is 10.9. The number of ether oxygens (including phenoxy) is 2. The summed E-state index contributed by atoms with van der Waals surface area (Å²) in [4.78, 5) is 0.896. The van der Waals surface area contributed by atoms with E-state index in [0.717, 1.165) is 28.2 Å². The number of aryl methyl sites for hydroxylation is 1. The first-order valence-electron chi connectivity index (χ1n) is 10.2. The minimum atomic E-state index is 0.0347. The van der Waals surface area contributed by atoms with Crippen LogP contribution in [0.4, 0.5) is 0 Å². The van der Waals surface area contributed by atoms with Crippen molar-refractivity contribution in [1.29, 1.82) is 0 Å². The SMILES string of the molecule is COc1ccc(C(=S)N/N=C/c2cc(C)cc(/C=N/NC(=S)c3ccc(OC)cc3)c2O)cc1. The first kappa shape index (κ1) is 24.8. The molecular weight excluding hydrogens is 468 g/mol. The zero-order valence-corrected chi connectivity index (χ0v) is 20.5. The van der Waals surface area contributed by atoms with Gasteiger partial charge in [0.15, 0.2) is 0 Å². The molecule has 0 bridgehead atoms. The van der Waals surface area contributed by atoms with Crippen LogP contribution in [0, 0.1) is 6.92 Å². The number of rotatable bonds is 8. The number of hydrazone groups is 2. The predicted molar refractivity (Wildman–Crippen MR) is 144 cm³/mol. The molecule has 0 aliphatic carbocycles. The van der Waals surface area contributed by atoms with Crippen molar-refractivity contribution in [2.45, 2.75) is 6.92 Å². The van der Waals surface area contributed by atoms with E-state index in [4.69, 9.17) is 33.9 Å². The summed E-state index contributed by atoms with van der Waals surface area (Å²) >= 11 is 10.7. The van der Waals surface area contributed by atoms with Crippen LogP contribution in [0.2, 0.25) is 0 Å². The molecule has 3 aromatic carbocycles. The molecule has 9 heteroatoms. The molecule has 0 saturated carbocycles. The smallest absolute Gasteiger partial charge is 0.133 e. The number of benzene rings is 3. The fourth-order valence-corrected chi connectivity index (χ4v) is 3.34. The lowest BCUT2D eigenvalue weighted by Crippen LogP contribution is -2.16. The highest BCUT2D eigenvalue weighted by atomic mass is 32.1. The molecule has 3 aromatic rings. The maximum Gasteiger partial charge on any atom is 0.133 e. The van der Waals surface area contributed by atoms with Crippen LogP contribution in [0.3, 0.4) is 0 Å². The largest absolute Gasteiger partial charge is 0.507 e. The predicted octanol–water partition coefficient (Wildman–Crippen LogP) is 4.32.